The van der Waals surface area contributed by atoms with Crippen LogP contribution in [0.4, 0.5) is 10.5 Å². The highest BCUT2D eigenvalue weighted by molar-refractivity contribution is 7.15. The van der Waals surface area contributed by atoms with Gasteiger partial charge in [0.15, 0.2) is 0 Å². The van der Waals surface area contributed by atoms with E-state index >= 15 is 0 Å². The number of rotatable bonds is 5. The van der Waals surface area contributed by atoms with E-state index in [4.69, 9.17) is 4.74 Å². The summed E-state index contributed by atoms with van der Waals surface area (Å²) >= 11 is 1.11. The van der Waals surface area contributed by atoms with Crippen LogP contribution in [0.1, 0.15) is 87.7 Å². The number of thiophene rings is 1. The van der Waals surface area contributed by atoms with Crippen molar-refractivity contribution >= 4 is 35.0 Å². The van der Waals surface area contributed by atoms with Crippen LogP contribution in [0.15, 0.2) is 6.07 Å². The van der Waals surface area contributed by atoms with Crippen molar-refractivity contribution in [2.45, 2.75) is 84.8 Å². The van der Waals surface area contributed by atoms with E-state index in [1.165, 1.54) is 0 Å². The number of nitrogens with zero attached hydrogens (tertiary/aromatic N) is 2. The predicted molar refractivity (Wildman–Crippen MR) is 149 cm³/mol. The van der Waals surface area contributed by atoms with E-state index in [1.807, 2.05) is 27.7 Å². The lowest BCUT2D eigenvalue weighted by molar-refractivity contribution is -0.124. The van der Waals surface area contributed by atoms with E-state index in [2.05, 4.69) is 24.1 Å². The summed E-state index contributed by atoms with van der Waals surface area (Å²) in [6, 6.07) is 1.43. The minimum atomic E-state index is -1.07. The van der Waals surface area contributed by atoms with Crippen molar-refractivity contribution in [2.75, 3.05) is 31.1 Å². The third kappa shape index (κ3) is 6.70. The van der Waals surface area contributed by atoms with Crippen LogP contribution in [0, 0.1) is 29.1 Å². The van der Waals surface area contributed by atoms with Crippen molar-refractivity contribution < 1.29 is 24.2 Å². The van der Waals surface area contributed by atoms with Gasteiger partial charge in [0.1, 0.15) is 10.5 Å². The molecule has 0 bridgehead atoms. The summed E-state index contributed by atoms with van der Waals surface area (Å²) in [5.74, 6) is 5.62. The summed E-state index contributed by atoms with van der Waals surface area (Å²) in [7, 11) is 0. The molecule has 2 saturated heterocycles. The molecule has 2 atom stereocenters. The Morgan fingerprint density at radius 1 is 1.21 bits per heavy atom. The highest BCUT2D eigenvalue weighted by Crippen LogP contribution is 2.38. The van der Waals surface area contributed by atoms with Crippen LogP contribution < -0.4 is 10.2 Å². The molecule has 208 valence electrons. The van der Waals surface area contributed by atoms with E-state index in [0.29, 0.717) is 42.5 Å². The van der Waals surface area contributed by atoms with Crippen molar-refractivity contribution in [2.24, 2.45) is 17.3 Å². The molecular formula is C29H41N3O5S. The minimum absolute atomic E-state index is 0.0419. The Bertz CT molecular complexity index is 1110. The number of aromatic carboxylic acids is 1. The highest BCUT2D eigenvalue weighted by atomic mass is 32.1. The number of amides is 2. The Balaban J connectivity index is 1.63. The Kier molecular flexibility index (Phi) is 8.43. The number of hydrogen-bond donors (Lipinski definition) is 2. The summed E-state index contributed by atoms with van der Waals surface area (Å²) in [6.07, 6.45) is 4.51. The molecule has 1 aromatic rings. The first-order valence-electron chi connectivity index (χ1n) is 13.8. The van der Waals surface area contributed by atoms with Gasteiger partial charge in [0, 0.05) is 37.4 Å². The van der Waals surface area contributed by atoms with Gasteiger partial charge in [-0.2, -0.15) is 0 Å². The quantitative estimate of drug-likeness (QED) is 0.509. The van der Waals surface area contributed by atoms with Gasteiger partial charge in [-0.25, -0.2) is 9.59 Å². The standard InChI is InChI=1S/C29H41N3O5S/c1-19-6-8-20(9-7-19)25(33)32(23-16-22(10-12-28(2,3)4)38-24(23)26(34)35)21-11-15-31(17-21)27(36)37-29(5)13-14-30-18-29/h16,19-21,30H,6-9,11,13-15,17-18H2,1-5H3,(H,34,35)/t19?,20?,21-,29?/m0/s1. The number of likely N-dealkylation sites (tertiary alicyclic amines) is 1. The molecule has 3 fully saturated rings. The molecule has 8 nitrogen and oxygen atoms in total. The molecule has 3 aliphatic rings. The Hall–Kier alpha value is -2.57. The second kappa shape index (κ2) is 11.3. The molecule has 2 N–H and O–H groups in total. The second-order valence-electron chi connectivity index (χ2n) is 12.4. The molecule has 2 aliphatic heterocycles. The van der Waals surface area contributed by atoms with Crippen molar-refractivity contribution in [3.05, 3.63) is 15.8 Å². The van der Waals surface area contributed by atoms with E-state index in [-0.39, 0.29) is 34.3 Å². The molecule has 0 radical (unpaired) electrons. The fourth-order valence-corrected chi connectivity index (χ4v) is 6.34. The molecule has 1 aliphatic carbocycles. The zero-order valence-electron chi connectivity index (χ0n) is 23.3. The van der Waals surface area contributed by atoms with Crippen LogP contribution in [0.25, 0.3) is 0 Å². The Morgan fingerprint density at radius 2 is 1.92 bits per heavy atom. The molecule has 0 aromatic carbocycles. The lowest BCUT2D eigenvalue weighted by atomic mass is 9.82. The van der Waals surface area contributed by atoms with E-state index < -0.39 is 11.6 Å². The van der Waals surface area contributed by atoms with Crippen LogP contribution in [-0.2, 0) is 9.53 Å². The first-order chi connectivity index (χ1) is 17.8. The van der Waals surface area contributed by atoms with Gasteiger partial charge in [-0.05, 0) is 78.3 Å². The zero-order chi connectivity index (χ0) is 27.7. The molecule has 38 heavy (non-hydrogen) atoms. The van der Waals surface area contributed by atoms with Crippen molar-refractivity contribution in [3.63, 3.8) is 0 Å². The van der Waals surface area contributed by atoms with Crippen LogP contribution >= 0.6 is 11.3 Å². The van der Waals surface area contributed by atoms with Crippen LogP contribution in [0.3, 0.4) is 0 Å². The predicted octanol–water partition coefficient (Wildman–Crippen LogP) is 4.97. The topological polar surface area (TPSA) is 99.2 Å². The Morgan fingerprint density at radius 3 is 2.53 bits per heavy atom. The fraction of sp³-hybridized carbons (Fsp3) is 0.690. The van der Waals surface area contributed by atoms with Gasteiger partial charge in [0.25, 0.3) is 0 Å². The molecule has 2 amide bonds. The van der Waals surface area contributed by atoms with Crippen LogP contribution in [-0.4, -0.2) is 65.8 Å². The van der Waals surface area contributed by atoms with Gasteiger partial charge in [-0.15, -0.1) is 11.3 Å². The number of anilines is 1. The van der Waals surface area contributed by atoms with Gasteiger partial charge in [-0.1, -0.05) is 18.8 Å². The maximum absolute atomic E-state index is 14.1. The van der Waals surface area contributed by atoms with Crippen molar-refractivity contribution in [3.8, 4) is 11.8 Å². The van der Waals surface area contributed by atoms with E-state index in [9.17, 15) is 19.5 Å². The normalized spacial score (nSPS) is 27.5. The molecule has 1 unspecified atom stereocenters. The van der Waals surface area contributed by atoms with Gasteiger partial charge in [0.2, 0.25) is 5.91 Å². The molecule has 1 saturated carbocycles. The molecular weight excluding hydrogens is 502 g/mol. The summed E-state index contributed by atoms with van der Waals surface area (Å²) in [6.45, 7) is 12.4. The number of carbonyl (C=O) groups is 3. The number of carboxylic acid groups (broad SMARTS) is 1. The van der Waals surface area contributed by atoms with Gasteiger partial charge >= 0.3 is 12.1 Å². The van der Waals surface area contributed by atoms with Crippen molar-refractivity contribution in [1.29, 1.82) is 0 Å². The molecule has 0 spiro atoms. The summed E-state index contributed by atoms with van der Waals surface area (Å²) in [4.78, 5) is 43.5. The summed E-state index contributed by atoms with van der Waals surface area (Å²) in [5.41, 5.74) is -0.371. The van der Waals surface area contributed by atoms with Crippen molar-refractivity contribution in [1.82, 2.24) is 10.2 Å². The maximum atomic E-state index is 14.1. The number of carbonyl (C=O) groups excluding carboxylic acids is 2. The SMILES string of the molecule is CC1CCC(C(=O)N(c2cc(C#CC(C)(C)C)sc2C(=O)O)[C@H]2CCN(C(=O)OC3(C)CCNC3)C2)CC1. The monoisotopic (exact) mass is 543 g/mol. The Labute approximate surface area is 230 Å². The first-order valence-corrected chi connectivity index (χ1v) is 14.6. The first kappa shape index (κ1) is 28.4. The maximum Gasteiger partial charge on any atom is 0.410 e. The lowest BCUT2D eigenvalue weighted by Gasteiger charge is -2.34. The van der Waals surface area contributed by atoms with E-state index in [0.717, 1.165) is 50.0 Å². The second-order valence-corrected chi connectivity index (χ2v) is 13.5. The molecule has 4 rings (SSSR count). The van der Waals surface area contributed by atoms with Gasteiger partial charge < -0.3 is 25.0 Å². The van der Waals surface area contributed by atoms with Gasteiger partial charge in [0.05, 0.1) is 16.6 Å². The number of ether oxygens (including phenoxy) is 1. The molecule has 1 aromatic heterocycles. The summed E-state index contributed by atoms with van der Waals surface area (Å²) < 4.78 is 5.85. The average Bonchev–Trinajstić information content (AvgIpc) is 3.58. The van der Waals surface area contributed by atoms with E-state index in [1.54, 1.807) is 15.9 Å². The molecule has 9 heteroatoms. The fourth-order valence-electron chi connectivity index (χ4n) is 5.50. The minimum Gasteiger partial charge on any atom is -0.477 e. The smallest absolute Gasteiger partial charge is 0.410 e. The lowest BCUT2D eigenvalue weighted by Crippen LogP contribution is -2.47. The number of nitrogens with one attached hydrogen (secondary N) is 1. The average molecular weight is 544 g/mol. The zero-order valence-corrected chi connectivity index (χ0v) is 24.1. The largest absolute Gasteiger partial charge is 0.477 e. The molecule has 3 heterocycles. The van der Waals surface area contributed by atoms with Gasteiger partial charge in [-0.3, -0.25) is 4.79 Å². The highest BCUT2D eigenvalue weighted by Gasteiger charge is 2.41. The number of carboxylic acids is 1. The third-order valence-electron chi connectivity index (χ3n) is 7.78. The van der Waals surface area contributed by atoms with Crippen LogP contribution in [0.2, 0.25) is 0 Å². The van der Waals surface area contributed by atoms with Crippen LogP contribution in [0.5, 0.6) is 0 Å². The summed E-state index contributed by atoms with van der Waals surface area (Å²) in [5, 5.41) is 13.3. The number of hydrogen-bond acceptors (Lipinski definition) is 6. The third-order valence-corrected chi connectivity index (χ3v) is 8.81.